The van der Waals surface area contributed by atoms with Gasteiger partial charge in [-0.05, 0) is 24.6 Å². The van der Waals surface area contributed by atoms with E-state index in [1.165, 1.54) is 0 Å². The fourth-order valence-electron chi connectivity index (χ4n) is 2.24. The molecule has 0 radical (unpaired) electrons. The minimum atomic E-state index is -0.168. The fourth-order valence-corrected chi connectivity index (χ4v) is 2.37. The lowest BCUT2D eigenvalue weighted by molar-refractivity contribution is -0.143. The zero-order valence-electron chi connectivity index (χ0n) is 11.9. The second-order valence-electron chi connectivity index (χ2n) is 5.34. The highest BCUT2D eigenvalue weighted by Crippen LogP contribution is 2.24. The van der Waals surface area contributed by atoms with Gasteiger partial charge in [0, 0.05) is 17.6 Å². The van der Waals surface area contributed by atoms with Crippen molar-refractivity contribution in [2.24, 2.45) is 11.7 Å². The number of nitrogens with two attached hydrogens (primary N) is 1. The first-order valence-corrected chi connectivity index (χ1v) is 7.28. The number of ether oxygens (including phenoxy) is 1. The maximum absolute atomic E-state index is 12.3. The third kappa shape index (κ3) is 3.51. The Hall–Kier alpha value is -1.10. The average Bonchev–Trinajstić information content (AvgIpc) is 2.46. The van der Waals surface area contributed by atoms with Gasteiger partial charge in [-0.2, -0.15) is 0 Å². The average molecular weight is 297 g/mol. The van der Waals surface area contributed by atoms with E-state index in [9.17, 15) is 4.79 Å². The van der Waals surface area contributed by atoms with Crippen molar-refractivity contribution < 1.29 is 9.53 Å². The Morgan fingerprint density at radius 2 is 2.05 bits per heavy atom. The monoisotopic (exact) mass is 296 g/mol. The van der Waals surface area contributed by atoms with Gasteiger partial charge in [-0.15, -0.1) is 0 Å². The summed E-state index contributed by atoms with van der Waals surface area (Å²) in [4.78, 5) is 14.2. The highest BCUT2D eigenvalue weighted by atomic mass is 35.5. The summed E-state index contributed by atoms with van der Waals surface area (Å²) in [5, 5.41) is 0.697. The number of carbonyl (C=O) groups excluding carboxylic acids is 1. The summed E-state index contributed by atoms with van der Waals surface area (Å²) >= 11 is 5.89. The molecule has 0 bridgehead atoms. The molecule has 5 heteroatoms. The van der Waals surface area contributed by atoms with E-state index in [1.807, 2.05) is 43.0 Å². The molecule has 0 spiro atoms. The van der Waals surface area contributed by atoms with E-state index in [4.69, 9.17) is 22.1 Å². The van der Waals surface area contributed by atoms with Crippen molar-refractivity contribution in [3.63, 3.8) is 0 Å². The zero-order valence-corrected chi connectivity index (χ0v) is 12.6. The summed E-state index contributed by atoms with van der Waals surface area (Å²) in [6.07, 6.45) is -0.0924. The van der Waals surface area contributed by atoms with Crippen molar-refractivity contribution in [2.75, 3.05) is 19.7 Å². The molecule has 1 heterocycles. The highest BCUT2D eigenvalue weighted by molar-refractivity contribution is 6.30. The molecule has 1 aliphatic rings. The van der Waals surface area contributed by atoms with Gasteiger partial charge in [0.05, 0.1) is 19.1 Å². The van der Waals surface area contributed by atoms with E-state index in [2.05, 4.69) is 0 Å². The lowest BCUT2D eigenvalue weighted by Crippen LogP contribution is -2.47. The van der Waals surface area contributed by atoms with Crippen molar-refractivity contribution in [2.45, 2.75) is 26.0 Å². The van der Waals surface area contributed by atoms with Gasteiger partial charge in [0.1, 0.15) is 6.10 Å². The molecule has 110 valence electrons. The highest BCUT2D eigenvalue weighted by Gasteiger charge is 2.29. The largest absolute Gasteiger partial charge is 0.370 e. The van der Waals surface area contributed by atoms with Crippen LogP contribution in [0.15, 0.2) is 24.3 Å². The Bertz CT molecular complexity index is 461. The van der Waals surface area contributed by atoms with Crippen LogP contribution in [0.25, 0.3) is 0 Å². The Morgan fingerprint density at radius 3 is 2.65 bits per heavy atom. The van der Waals surface area contributed by atoms with Crippen LogP contribution in [0.2, 0.25) is 5.02 Å². The molecular formula is C15H21ClN2O2. The Morgan fingerprint density at radius 1 is 1.40 bits per heavy atom. The van der Waals surface area contributed by atoms with E-state index < -0.39 is 0 Å². The van der Waals surface area contributed by atoms with Gasteiger partial charge in [0.2, 0.25) is 5.91 Å². The van der Waals surface area contributed by atoms with Gasteiger partial charge in [-0.25, -0.2) is 0 Å². The van der Waals surface area contributed by atoms with Crippen LogP contribution < -0.4 is 5.73 Å². The van der Waals surface area contributed by atoms with Crippen molar-refractivity contribution in [3.05, 3.63) is 34.9 Å². The lowest BCUT2D eigenvalue weighted by atomic mass is 10.0. The zero-order chi connectivity index (χ0) is 14.7. The summed E-state index contributed by atoms with van der Waals surface area (Å²) in [5.41, 5.74) is 6.85. The molecular weight excluding hydrogens is 276 g/mol. The minimum Gasteiger partial charge on any atom is -0.370 e. The molecule has 0 aliphatic carbocycles. The first kappa shape index (κ1) is 15.3. The van der Waals surface area contributed by atoms with Gasteiger partial charge in [-0.3, -0.25) is 4.79 Å². The van der Waals surface area contributed by atoms with Gasteiger partial charge < -0.3 is 15.4 Å². The molecule has 4 nitrogen and oxygen atoms in total. The second kappa shape index (κ2) is 6.57. The second-order valence-corrected chi connectivity index (χ2v) is 5.78. The number of hydrogen-bond donors (Lipinski definition) is 1. The van der Waals surface area contributed by atoms with Gasteiger partial charge in [0.15, 0.2) is 0 Å². The van der Waals surface area contributed by atoms with Crippen molar-refractivity contribution in [1.29, 1.82) is 0 Å². The summed E-state index contributed by atoms with van der Waals surface area (Å²) in [6, 6.07) is 7.42. The number of amides is 1. The van der Waals surface area contributed by atoms with Crippen LogP contribution in [0.1, 0.15) is 25.5 Å². The summed E-state index contributed by atoms with van der Waals surface area (Å²) < 4.78 is 5.76. The van der Waals surface area contributed by atoms with Crippen LogP contribution in [-0.2, 0) is 9.53 Å². The summed E-state index contributed by atoms with van der Waals surface area (Å²) in [5.74, 6) is -0.0683. The number of morpholine rings is 1. The number of rotatable bonds is 3. The van der Waals surface area contributed by atoms with Gasteiger partial charge in [-0.1, -0.05) is 30.7 Å². The standard InChI is InChI=1S/C15H21ClN2O2/c1-10(11(2)17)15(19)18-7-8-20-14(9-18)12-3-5-13(16)6-4-12/h3-6,10-11,14H,7-9,17H2,1-2H3. The number of benzene rings is 1. The molecule has 2 N–H and O–H groups in total. The van der Waals surface area contributed by atoms with Crippen LogP contribution in [0.4, 0.5) is 0 Å². The van der Waals surface area contributed by atoms with E-state index in [0.29, 0.717) is 24.7 Å². The first-order valence-electron chi connectivity index (χ1n) is 6.90. The molecule has 0 saturated carbocycles. The third-order valence-corrected chi connectivity index (χ3v) is 4.05. The van der Waals surface area contributed by atoms with E-state index in [-0.39, 0.29) is 24.0 Å². The maximum atomic E-state index is 12.3. The van der Waals surface area contributed by atoms with E-state index in [1.54, 1.807) is 0 Å². The minimum absolute atomic E-state index is 0.0924. The predicted molar refractivity (Wildman–Crippen MR) is 79.5 cm³/mol. The number of carbonyl (C=O) groups is 1. The molecule has 1 fully saturated rings. The molecule has 1 aromatic carbocycles. The molecule has 1 amide bonds. The SMILES string of the molecule is CC(N)C(C)C(=O)N1CCOC(c2ccc(Cl)cc2)C1. The van der Waals surface area contributed by atoms with Crippen molar-refractivity contribution >= 4 is 17.5 Å². The summed E-state index contributed by atoms with van der Waals surface area (Å²) in [7, 11) is 0. The molecule has 1 aliphatic heterocycles. The predicted octanol–water partition coefficient (Wildman–Crippen LogP) is 2.22. The van der Waals surface area contributed by atoms with Gasteiger partial charge in [0.25, 0.3) is 0 Å². The van der Waals surface area contributed by atoms with Crippen molar-refractivity contribution in [3.8, 4) is 0 Å². The molecule has 3 atom stereocenters. The van der Waals surface area contributed by atoms with Crippen LogP contribution in [0.5, 0.6) is 0 Å². The topological polar surface area (TPSA) is 55.6 Å². The molecule has 1 aromatic rings. The normalized spacial score (nSPS) is 22.4. The smallest absolute Gasteiger partial charge is 0.227 e. The quantitative estimate of drug-likeness (QED) is 0.930. The molecule has 2 rings (SSSR count). The van der Waals surface area contributed by atoms with Crippen LogP contribution in [-0.4, -0.2) is 36.5 Å². The first-order chi connectivity index (χ1) is 9.49. The maximum Gasteiger partial charge on any atom is 0.227 e. The molecule has 1 saturated heterocycles. The van der Waals surface area contributed by atoms with Crippen LogP contribution >= 0.6 is 11.6 Å². The van der Waals surface area contributed by atoms with Crippen LogP contribution in [0, 0.1) is 5.92 Å². The van der Waals surface area contributed by atoms with Crippen LogP contribution in [0.3, 0.4) is 0 Å². The van der Waals surface area contributed by atoms with E-state index >= 15 is 0 Å². The fraction of sp³-hybridized carbons (Fsp3) is 0.533. The third-order valence-electron chi connectivity index (χ3n) is 3.80. The van der Waals surface area contributed by atoms with Gasteiger partial charge >= 0.3 is 0 Å². The summed E-state index contributed by atoms with van der Waals surface area (Å²) in [6.45, 7) is 5.47. The number of halogens is 1. The van der Waals surface area contributed by atoms with E-state index in [0.717, 1.165) is 5.56 Å². The number of nitrogens with zero attached hydrogens (tertiary/aromatic N) is 1. The number of hydrogen-bond acceptors (Lipinski definition) is 3. The lowest BCUT2D eigenvalue weighted by Gasteiger charge is -2.35. The molecule has 0 aromatic heterocycles. The molecule has 3 unspecified atom stereocenters. The Labute approximate surface area is 124 Å². The Balaban J connectivity index is 2.05. The van der Waals surface area contributed by atoms with Crippen molar-refractivity contribution in [1.82, 2.24) is 4.90 Å². The molecule has 20 heavy (non-hydrogen) atoms. The Kier molecular flexibility index (Phi) is 5.02.